The van der Waals surface area contributed by atoms with Gasteiger partial charge in [-0.05, 0) is 18.9 Å². The molecule has 0 spiro atoms. The third kappa shape index (κ3) is 3.10. The second kappa shape index (κ2) is 5.25. The molecule has 1 fully saturated rings. The largest absolute Gasteiger partial charge is 0.391 e. The van der Waals surface area contributed by atoms with Crippen LogP contribution in [-0.4, -0.2) is 24.2 Å². The normalized spacial score (nSPS) is 17.3. The zero-order valence-electron chi connectivity index (χ0n) is 9.91. The minimum atomic E-state index is -4.13. The van der Waals surface area contributed by atoms with E-state index in [1.165, 1.54) is 12.3 Å². The van der Waals surface area contributed by atoms with E-state index in [1.807, 2.05) is 6.07 Å². The Hall–Kier alpha value is -1.48. The number of nitrogens with zero attached hydrogens (tertiary/aromatic N) is 3. The smallest absolute Gasteiger partial charge is 0.355 e. The monoisotopic (exact) mass is 289 g/mol. The van der Waals surface area contributed by atoms with Gasteiger partial charge in [0.2, 0.25) is 0 Å². The molecule has 0 aliphatic carbocycles. The summed E-state index contributed by atoms with van der Waals surface area (Å²) < 4.78 is 37.7. The fourth-order valence-electron chi connectivity index (χ4n) is 2.14. The molecular weight excluding hydrogens is 279 g/mol. The van der Waals surface area contributed by atoms with Gasteiger partial charge >= 0.3 is 6.18 Å². The van der Waals surface area contributed by atoms with Crippen molar-refractivity contribution in [3.05, 3.63) is 22.8 Å². The molecule has 1 aliphatic heterocycles. The summed E-state index contributed by atoms with van der Waals surface area (Å²) in [6.07, 6.45) is -2.67. The van der Waals surface area contributed by atoms with Crippen LogP contribution in [0.1, 0.15) is 18.4 Å². The number of piperidine rings is 1. The lowest BCUT2D eigenvalue weighted by Crippen LogP contribution is -2.39. The molecule has 0 radical (unpaired) electrons. The maximum absolute atomic E-state index is 12.6. The summed E-state index contributed by atoms with van der Waals surface area (Å²) in [5.74, 6) is -0.804. The average molecular weight is 290 g/mol. The summed E-state index contributed by atoms with van der Waals surface area (Å²) in [5.41, 5.74) is 0.332. The second-order valence-corrected chi connectivity index (χ2v) is 4.85. The van der Waals surface area contributed by atoms with E-state index in [-0.39, 0.29) is 25.9 Å². The van der Waals surface area contributed by atoms with Crippen LogP contribution in [0.4, 0.5) is 19.0 Å². The van der Waals surface area contributed by atoms with Gasteiger partial charge < -0.3 is 4.90 Å². The molecule has 1 aliphatic rings. The molecule has 1 aromatic heterocycles. The molecule has 2 heterocycles. The van der Waals surface area contributed by atoms with Gasteiger partial charge in [0, 0.05) is 19.3 Å². The summed E-state index contributed by atoms with van der Waals surface area (Å²) in [5, 5.41) is 9.00. The van der Waals surface area contributed by atoms with Gasteiger partial charge in [0.15, 0.2) is 0 Å². The lowest BCUT2D eigenvalue weighted by molar-refractivity contribution is -0.179. The second-order valence-electron chi connectivity index (χ2n) is 4.44. The zero-order valence-corrected chi connectivity index (χ0v) is 10.7. The van der Waals surface area contributed by atoms with Gasteiger partial charge in [0.25, 0.3) is 0 Å². The standard InChI is InChI=1S/C12H11ClF3N3/c13-10-5-8(6-17)7-18-11(10)19-3-1-9(2-4-19)12(14,15)16/h5,7,9H,1-4H2. The molecule has 0 atom stereocenters. The molecule has 1 aromatic rings. The Bertz CT molecular complexity index is 502. The van der Waals surface area contributed by atoms with E-state index >= 15 is 0 Å². The molecule has 102 valence electrons. The number of alkyl halides is 3. The van der Waals surface area contributed by atoms with Crippen LogP contribution in [0.25, 0.3) is 0 Å². The van der Waals surface area contributed by atoms with Crippen LogP contribution in [0.5, 0.6) is 0 Å². The fourth-order valence-corrected chi connectivity index (χ4v) is 2.43. The number of aromatic nitrogens is 1. The van der Waals surface area contributed by atoms with Gasteiger partial charge in [0.1, 0.15) is 11.9 Å². The molecule has 0 unspecified atom stereocenters. The van der Waals surface area contributed by atoms with Crippen LogP contribution in [0.15, 0.2) is 12.3 Å². The highest BCUT2D eigenvalue weighted by atomic mass is 35.5. The maximum atomic E-state index is 12.6. The first-order valence-electron chi connectivity index (χ1n) is 5.79. The van der Waals surface area contributed by atoms with Crippen molar-refractivity contribution in [2.75, 3.05) is 18.0 Å². The highest BCUT2D eigenvalue weighted by Crippen LogP contribution is 2.36. The first-order chi connectivity index (χ1) is 8.91. The fraction of sp³-hybridized carbons (Fsp3) is 0.500. The van der Waals surface area contributed by atoms with Gasteiger partial charge in [-0.25, -0.2) is 4.98 Å². The van der Waals surface area contributed by atoms with E-state index in [0.29, 0.717) is 16.4 Å². The quantitative estimate of drug-likeness (QED) is 0.795. The summed E-state index contributed by atoms with van der Waals surface area (Å²) in [6.45, 7) is 0.533. The van der Waals surface area contributed by atoms with Crippen LogP contribution in [-0.2, 0) is 0 Å². The Morgan fingerprint density at radius 2 is 2.00 bits per heavy atom. The van der Waals surface area contributed by atoms with Crippen molar-refractivity contribution >= 4 is 17.4 Å². The number of anilines is 1. The van der Waals surface area contributed by atoms with E-state index in [9.17, 15) is 13.2 Å². The Morgan fingerprint density at radius 3 is 2.47 bits per heavy atom. The molecule has 0 N–H and O–H groups in total. The van der Waals surface area contributed by atoms with Crippen molar-refractivity contribution < 1.29 is 13.2 Å². The SMILES string of the molecule is N#Cc1cnc(N2CCC(C(F)(F)F)CC2)c(Cl)c1. The number of rotatable bonds is 1. The summed E-state index contributed by atoms with van der Waals surface area (Å²) in [6, 6.07) is 3.38. The van der Waals surface area contributed by atoms with E-state index in [4.69, 9.17) is 16.9 Å². The third-order valence-electron chi connectivity index (χ3n) is 3.21. The maximum Gasteiger partial charge on any atom is 0.391 e. The van der Waals surface area contributed by atoms with Crippen molar-refractivity contribution in [1.82, 2.24) is 4.98 Å². The minimum Gasteiger partial charge on any atom is -0.355 e. The Balaban J connectivity index is 2.08. The lowest BCUT2D eigenvalue weighted by Gasteiger charge is -2.34. The predicted octanol–water partition coefficient (Wildman–Crippen LogP) is 3.39. The molecule has 3 nitrogen and oxygen atoms in total. The van der Waals surface area contributed by atoms with Crippen molar-refractivity contribution in [3.8, 4) is 6.07 Å². The Kier molecular flexibility index (Phi) is 3.85. The molecule has 0 bridgehead atoms. The van der Waals surface area contributed by atoms with Crippen LogP contribution < -0.4 is 4.90 Å². The van der Waals surface area contributed by atoms with Crippen molar-refractivity contribution in [2.45, 2.75) is 19.0 Å². The molecule has 0 saturated carbocycles. The number of halogens is 4. The summed E-state index contributed by atoms with van der Waals surface area (Å²) in [4.78, 5) is 5.78. The summed E-state index contributed by atoms with van der Waals surface area (Å²) >= 11 is 5.99. The number of nitriles is 1. The molecule has 7 heteroatoms. The highest BCUT2D eigenvalue weighted by Gasteiger charge is 2.41. The van der Waals surface area contributed by atoms with Gasteiger partial charge in [0.05, 0.1) is 16.5 Å². The predicted molar refractivity (Wildman–Crippen MR) is 65.0 cm³/mol. The van der Waals surface area contributed by atoms with Crippen LogP contribution in [0.3, 0.4) is 0 Å². The minimum absolute atomic E-state index is 0.0432. The molecule has 1 saturated heterocycles. The first-order valence-corrected chi connectivity index (χ1v) is 6.17. The lowest BCUT2D eigenvalue weighted by atomic mass is 9.96. The van der Waals surface area contributed by atoms with Crippen molar-refractivity contribution in [3.63, 3.8) is 0 Å². The first kappa shape index (κ1) is 13.9. The van der Waals surface area contributed by atoms with Gasteiger partial charge in [-0.2, -0.15) is 18.4 Å². The molecule has 0 amide bonds. The van der Waals surface area contributed by atoms with E-state index in [0.717, 1.165) is 0 Å². The molecule has 2 rings (SSSR count). The van der Waals surface area contributed by atoms with Crippen LogP contribution in [0, 0.1) is 17.2 Å². The molecule has 0 aromatic carbocycles. The van der Waals surface area contributed by atoms with Crippen LogP contribution >= 0.6 is 11.6 Å². The molecular formula is C12H11ClF3N3. The van der Waals surface area contributed by atoms with E-state index < -0.39 is 12.1 Å². The number of hydrogen-bond acceptors (Lipinski definition) is 3. The number of pyridine rings is 1. The third-order valence-corrected chi connectivity index (χ3v) is 3.49. The van der Waals surface area contributed by atoms with Gasteiger partial charge in [-0.1, -0.05) is 11.6 Å². The van der Waals surface area contributed by atoms with Gasteiger partial charge in [-0.3, -0.25) is 0 Å². The Labute approximate surface area is 113 Å². The van der Waals surface area contributed by atoms with Crippen LogP contribution in [0.2, 0.25) is 5.02 Å². The van der Waals surface area contributed by atoms with Crippen molar-refractivity contribution in [2.24, 2.45) is 5.92 Å². The zero-order chi connectivity index (χ0) is 14.0. The highest BCUT2D eigenvalue weighted by molar-refractivity contribution is 6.33. The van der Waals surface area contributed by atoms with E-state index in [2.05, 4.69) is 4.98 Å². The Morgan fingerprint density at radius 1 is 1.37 bits per heavy atom. The molecule has 19 heavy (non-hydrogen) atoms. The average Bonchev–Trinajstić information content (AvgIpc) is 2.37. The van der Waals surface area contributed by atoms with Crippen molar-refractivity contribution in [1.29, 1.82) is 5.26 Å². The number of hydrogen-bond donors (Lipinski definition) is 0. The summed E-state index contributed by atoms with van der Waals surface area (Å²) in [7, 11) is 0. The topological polar surface area (TPSA) is 39.9 Å². The van der Waals surface area contributed by atoms with Gasteiger partial charge in [-0.15, -0.1) is 0 Å². The van der Waals surface area contributed by atoms with E-state index in [1.54, 1.807) is 4.90 Å².